The van der Waals surface area contributed by atoms with E-state index < -0.39 is 5.97 Å². The van der Waals surface area contributed by atoms with Gasteiger partial charge in [-0.3, -0.25) is 4.98 Å². The van der Waals surface area contributed by atoms with Crippen molar-refractivity contribution < 1.29 is 9.90 Å². The number of aliphatic carboxylic acids is 1. The van der Waals surface area contributed by atoms with Crippen LogP contribution in [0.25, 0.3) is 5.57 Å². The van der Waals surface area contributed by atoms with Gasteiger partial charge in [0.15, 0.2) is 0 Å². The molecule has 0 saturated heterocycles. The Morgan fingerprint density at radius 1 is 1.06 bits per heavy atom. The molecule has 1 aromatic carbocycles. The fourth-order valence-electron chi connectivity index (χ4n) is 1.60. The Balaban J connectivity index is 0.00000162. The van der Waals surface area contributed by atoms with Crippen LogP contribution < -0.4 is 0 Å². The lowest BCUT2D eigenvalue weighted by molar-refractivity contribution is -0.131. The molecule has 0 bridgehead atoms. The molecule has 1 heterocycles. The Labute approximate surface area is 111 Å². The van der Waals surface area contributed by atoms with Gasteiger partial charge in [-0.25, -0.2) is 4.79 Å². The van der Waals surface area contributed by atoms with Gasteiger partial charge >= 0.3 is 5.97 Å². The molecule has 2 aromatic rings. The van der Waals surface area contributed by atoms with Crippen LogP contribution in [0.3, 0.4) is 0 Å². The van der Waals surface area contributed by atoms with Crippen molar-refractivity contribution in [2.45, 2.75) is 0 Å². The zero-order valence-corrected chi connectivity index (χ0v) is 10.3. The third kappa shape index (κ3) is 3.43. The molecule has 2 rings (SSSR count). The van der Waals surface area contributed by atoms with Crippen molar-refractivity contribution in [2.75, 3.05) is 0 Å². The number of hydrogen-bond acceptors (Lipinski definition) is 2. The number of aromatic nitrogens is 1. The Morgan fingerprint density at radius 2 is 1.72 bits per heavy atom. The van der Waals surface area contributed by atoms with Crippen LogP contribution in [-0.2, 0) is 4.79 Å². The third-order valence-corrected chi connectivity index (χ3v) is 2.33. The van der Waals surface area contributed by atoms with Gasteiger partial charge in [0.1, 0.15) is 0 Å². The van der Waals surface area contributed by atoms with Gasteiger partial charge in [0.05, 0.1) is 0 Å². The van der Waals surface area contributed by atoms with Crippen molar-refractivity contribution in [3.05, 3.63) is 72.1 Å². The summed E-state index contributed by atoms with van der Waals surface area (Å²) < 4.78 is 0. The predicted molar refractivity (Wildman–Crippen MR) is 72.6 cm³/mol. The average Bonchev–Trinajstić information content (AvgIpc) is 2.38. The molecule has 0 radical (unpaired) electrons. The van der Waals surface area contributed by atoms with E-state index in [1.54, 1.807) is 18.5 Å². The molecule has 0 amide bonds. The van der Waals surface area contributed by atoms with Crippen LogP contribution in [0.4, 0.5) is 0 Å². The Kier molecular flexibility index (Phi) is 5.08. The molecule has 0 aliphatic carbocycles. The molecule has 0 unspecified atom stereocenters. The van der Waals surface area contributed by atoms with Crippen molar-refractivity contribution in [3.8, 4) is 0 Å². The highest BCUT2D eigenvalue weighted by Gasteiger charge is 2.06. The second-order valence-electron chi connectivity index (χ2n) is 3.50. The number of pyridine rings is 1. The minimum atomic E-state index is -0.965. The number of carboxylic acid groups (broad SMARTS) is 1. The zero-order chi connectivity index (χ0) is 12.1. The predicted octanol–water partition coefficient (Wildman–Crippen LogP) is 3.02. The molecule has 0 atom stereocenters. The Morgan fingerprint density at radius 3 is 2.28 bits per heavy atom. The Hall–Kier alpha value is -2.13. The highest BCUT2D eigenvalue weighted by molar-refractivity contribution is 5.95. The fourth-order valence-corrected chi connectivity index (χ4v) is 1.60. The van der Waals surface area contributed by atoms with E-state index in [1.165, 1.54) is 6.08 Å². The van der Waals surface area contributed by atoms with E-state index in [1.807, 2.05) is 36.4 Å². The van der Waals surface area contributed by atoms with Gasteiger partial charge in [-0.15, -0.1) is 12.4 Å². The van der Waals surface area contributed by atoms with Crippen LogP contribution in [-0.4, -0.2) is 16.1 Å². The first-order chi connectivity index (χ1) is 8.27. The maximum atomic E-state index is 10.9. The van der Waals surface area contributed by atoms with Crippen LogP contribution in [0.2, 0.25) is 0 Å². The minimum absolute atomic E-state index is 0. The fraction of sp³-hybridized carbons (Fsp3) is 0. The summed E-state index contributed by atoms with van der Waals surface area (Å²) in [6.07, 6.45) is 4.51. The molecule has 92 valence electrons. The largest absolute Gasteiger partial charge is 0.478 e. The molecule has 3 nitrogen and oxygen atoms in total. The molecule has 18 heavy (non-hydrogen) atoms. The summed E-state index contributed by atoms with van der Waals surface area (Å²) in [6.45, 7) is 0. The first-order valence-electron chi connectivity index (χ1n) is 5.18. The summed E-state index contributed by atoms with van der Waals surface area (Å²) >= 11 is 0. The van der Waals surface area contributed by atoms with E-state index in [9.17, 15) is 4.79 Å². The quantitative estimate of drug-likeness (QED) is 0.864. The summed E-state index contributed by atoms with van der Waals surface area (Å²) in [5, 5.41) is 8.91. The molecular formula is C14H12ClNO2. The molecule has 1 N–H and O–H groups in total. The normalized spacial score (nSPS) is 10.6. The van der Waals surface area contributed by atoms with Crippen molar-refractivity contribution in [1.82, 2.24) is 4.98 Å². The van der Waals surface area contributed by atoms with Crippen LogP contribution in [0, 0.1) is 0 Å². The standard InChI is InChI=1S/C14H11NO2.ClH/c16-14(17)9-13(11-5-2-1-3-6-11)12-7-4-8-15-10-12;/h1-10H,(H,16,17);1H. The summed E-state index contributed by atoms with van der Waals surface area (Å²) in [7, 11) is 0. The van der Waals surface area contributed by atoms with Crippen LogP contribution in [0.1, 0.15) is 11.1 Å². The van der Waals surface area contributed by atoms with E-state index in [0.717, 1.165) is 11.1 Å². The number of halogens is 1. The lowest BCUT2D eigenvalue weighted by Gasteiger charge is -2.06. The van der Waals surface area contributed by atoms with Crippen LogP contribution in [0.15, 0.2) is 60.9 Å². The number of hydrogen-bond donors (Lipinski definition) is 1. The maximum Gasteiger partial charge on any atom is 0.328 e. The number of carbonyl (C=O) groups is 1. The van der Waals surface area contributed by atoms with E-state index in [2.05, 4.69) is 4.98 Å². The highest BCUT2D eigenvalue weighted by atomic mass is 35.5. The van der Waals surface area contributed by atoms with Crippen LogP contribution >= 0.6 is 12.4 Å². The monoisotopic (exact) mass is 261 g/mol. The molecular weight excluding hydrogens is 250 g/mol. The lowest BCUT2D eigenvalue weighted by atomic mass is 9.99. The molecule has 0 aliphatic heterocycles. The molecule has 0 saturated carbocycles. The number of carboxylic acids is 1. The average molecular weight is 262 g/mol. The SMILES string of the molecule is Cl.O=C(O)C=C(c1ccccc1)c1cccnc1. The van der Waals surface area contributed by atoms with Gasteiger partial charge in [-0.1, -0.05) is 36.4 Å². The number of nitrogens with zero attached hydrogens (tertiary/aromatic N) is 1. The van der Waals surface area contributed by atoms with Gasteiger partial charge in [-0.2, -0.15) is 0 Å². The van der Waals surface area contributed by atoms with Crippen molar-refractivity contribution in [3.63, 3.8) is 0 Å². The topological polar surface area (TPSA) is 50.2 Å². The van der Waals surface area contributed by atoms with Gasteiger partial charge in [0.2, 0.25) is 0 Å². The van der Waals surface area contributed by atoms with Crippen LogP contribution in [0.5, 0.6) is 0 Å². The van der Waals surface area contributed by atoms with E-state index in [0.29, 0.717) is 5.57 Å². The first kappa shape index (κ1) is 13.9. The molecule has 0 aliphatic rings. The lowest BCUT2D eigenvalue weighted by Crippen LogP contribution is -1.94. The first-order valence-corrected chi connectivity index (χ1v) is 5.18. The van der Waals surface area contributed by atoms with Gasteiger partial charge in [-0.05, 0) is 17.2 Å². The minimum Gasteiger partial charge on any atom is -0.478 e. The molecule has 4 heteroatoms. The summed E-state index contributed by atoms with van der Waals surface area (Å²) in [6, 6.07) is 13.0. The highest BCUT2D eigenvalue weighted by Crippen LogP contribution is 2.22. The summed E-state index contributed by atoms with van der Waals surface area (Å²) in [5.41, 5.74) is 2.32. The van der Waals surface area contributed by atoms with Crippen molar-refractivity contribution in [2.24, 2.45) is 0 Å². The van der Waals surface area contributed by atoms with Crippen molar-refractivity contribution in [1.29, 1.82) is 0 Å². The second-order valence-corrected chi connectivity index (χ2v) is 3.50. The maximum absolute atomic E-state index is 10.9. The zero-order valence-electron chi connectivity index (χ0n) is 9.48. The van der Waals surface area contributed by atoms with Gasteiger partial charge < -0.3 is 5.11 Å². The van der Waals surface area contributed by atoms with Gasteiger partial charge in [0.25, 0.3) is 0 Å². The molecule has 1 aromatic heterocycles. The second kappa shape index (κ2) is 6.57. The Bertz CT molecular complexity index is 497. The van der Waals surface area contributed by atoms with E-state index >= 15 is 0 Å². The van der Waals surface area contributed by atoms with Gasteiger partial charge in [0, 0.05) is 24.0 Å². The number of rotatable bonds is 3. The third-order valence-electron chi connectivity index (χ3n) is 2.33. The summed E-state index contributed by atoms with van der Waals surface area (Å²) in [4.78, 5) is 14.9. The summed E-state index contributed by atoms with van der Waals surface area (Å²) in [5.74, 6) is -0.965. The molecule has 0 spiro atoms. The molecule has 0 fully saturated rings. The number of benzene rings is 1. The van der Waals surface area contributed by atoms with E-state index in [4.69, 9.17) is 5.11 Å². The smallest absolute Gasteiger partial charge is 0.328 e. The van der Waals surface area contributed by atoms with Crippen molar-refractivity contribution >= 4 is 23.9 Å². The van der Waals surface area contributed by atoms with E-state index in [-0.39, 0.29) is 12.4 Å².